The molecule has 0 spiro atoms. The Balaban J connectivity index is 1.91. The van der Waals surface area contributed by atoms with E-state index >= 15 is 0 Å². The van der Waals surface area contributed by atoms with Gasteiger partial charge in [-0.15, -0.1) is 0 Å². The van der Waals surface area contributed by atoms with Gasteiger partial charge in [0.2, 0.25) is 11.8 Å². The lowest BCUT2D eigenvalue weighted by Gasteiger charge is -2.14. The van der Waals surface area contributed by atoms with E-state index < -0.39 is 0 Å². The van der Waals surface area contributed by atoms with Crippen LogP contribution in [0.25, 0.3) is 0 Å². The maximum atomic E-state index is 11.8. The van der Waals surface area contributed by atoms with Crippen molar-refractivity contribution < 1.29 is 14.3 Å². The number of anilines is 1. The minimum atomic E-state index is -0.331. The molecule has 5 heteroatoms. The third-order valence-corrected chi connectivity index (χ3v) is 2.79. The standard InChI is InChI=1S/C15H20N2O3/c1-10(2)20-13-6-4-3-5-12(13)17-15(19)9-14(18)16-11-7-8-11/h3-6,10-11H,7-9H2,1-2H3,(H,16,18)(H,17,19). The summed E-state index contributed by atoms with van der Waals surface area (Å²) in [7, 11) is 0. The van der Waals surface area contributed by atoms with Crippen LogP contribution < -0.4 is 15.4 Å². The lowest BCUT2D eigenvalue weighted by atomic mass is 10.2. The zero-order valence-corrected chi connectivity index (χ0v) is 11.8. The van der Waals surface area contributed by atoms with E-state index in [0.717, 1.165) is 12.8 Å². The van der Waals surface area contributed by atoms with E-state index in [1.54, 1.807) is 12.1 Å². The molecule has 1 fully saturated rings. The van der Waals surface area contributed by atoms with Gasteiger partial charge in [-0.2, -0.15) is 0 Å². The second-order valence-electron chi connectivity index (χ2n) is 5.23. The van der Waals surface area contributed by atoms with Crippen molar-refractivity contribution in [1.29, 1.82) is 0 Å². The summed E-state index contributed by atoms with van der Waals surface area (Å²) in [5, 5.41) is 5.50. The van der Waals surface area contributed by atoms with E-state index in [-0.39, 0.29) is 30.4 Å². The summed E-state index contributed by atoms with van der Waals surface area (Å²) in [5.41, 5.74) is 0.588. The van der Waals surface area contributed by atoms with Gasteiger partial charge >= 0.3 is 0 Å². The van der Waals surface area contributed by atoms with Crippen LogP contribution in [0.3, 0.4) is 0 Å². The van der Waals surface area contributed by atoms with Crippen LogP contribution >= 0.6 is 0 Å². The molecule has 2 N–H and O–H groups in total. The molecule has 1 aliphatic carbocycles. The SMILES string of the molecule is CC(C)Oc1ccccc1NC(=O)CC(=O)NC1CC1. The Labute approximate surface area is 118 Å². The van der Waals surface area contributed by atoms with Gasteiger partial charge in [0, 0.05) is 6.04 Å². The van der Waals surface area contributed by atoms with Crippen molar-refractivity contribution in [3.63, 3.8) is 0 Å². The zero-order valence-electron chi connectivity index (χ0n) is 11.8. The van der Waals surface area contributed by atoms with E-state index in [4.69, 9.17) is 4.74 Å². The molecule has 0 heterocycles. The van der Waals surface area contributed by atoms with Gasteiger partial charge in [-0.05, 0) is 38.8 Å². The number of nitrogens with one attached hydrogen (secondary N) is 2. The maximum absolute atomic E-state index is 11.8. The topological polar surface area (TPSA) is 67.4 Å². The molecule has 0 saturated heterocycles. The number of rotatable bonds is 6. The molecular formula is C15H20N2O3. The molecule has 20 heavy (non-hydrogen) atoms. The molecule has 0 aliphatic heterocycles. The maximum Gasteiger partial charge on any atom is 0.233 e. The predicted molar refractivity (Wildman–Crippen MR) is 76.6 cm³/mol. The number of ether oxygens (including phenoxy) is 1. The van der Waals surface area contributed by atoms with Crippen LogP contribution in [0.15, 0.2) is 24.3 Å². The first-order valence-electron chi connectivity index (χ1n) is 6.89. The number of carbonyl (C=O) groups excluding carboxylic acids is 2. The lowest BCUT2D eigenvalue weighted by molar-refractivity contribution is -0.126. The second kappa shape index (κ2) is 6.41. The first kappa shape index (κ1) is 14.4. The minimum Gasteiger partial charge on any atom is -0.489 e. The Morgan fingerprint density at radius 3 is 2.60 bits per heavy atom. The summed E-state index contributed by atoms with van der Waals surface area (Å²) >= 11 is 0. The summed E-state index contributed by atoms with van der Waals surface area (Å²) in [6, 6.07) is 7.47. The molecule has 108 valence electrons. The number of hydrogen-bond donors (Lipinski definition) is 2. The van der Waals surface area contributed by atoms with Crippen molar-refractivity contribution in [2.75, 3.05) is 5.32 Å². The second-order valence-corrected chi connectivity index (χ2v) is 5.23. The van der Waals surface area contributed by atoms with Gasteiger partial charge < -0.3 is 15.4 Å². The quantitative estimate of drug-likeness (QED) is 0.782. The van der Waals surface area contributed by atoms with Gasteiger partial charge in [-0.3, -0.25) is 9.59 Å². The van der Waals surface area contributed by atoms with Gasteiger partial charge in [0.15, 0.2) is 0 Å². The largest absolute Gasteiger partial charge is 0.489 e. The first-order valence-corrected chi connectivity index (χ1v) is 6.89. The molecule has 0 aromatic heterocycles. The van der Waals surface area contributed by atoms with E-state index in [1.807, 2.05) is 26.0 Å². The molecular weight excluding hydrogens is 256 g/mol. The molecule has 1 saturated carbocycles. The van der Waals surface area contributed by atoms with Crippen molar-refractivity contribution in [2.24, 2.45) is 0 Å². The first-order chi connectivity index (χ1) is 9.54. The van der Waals surface area contributed by atoms with Crippen molar-refractivity contribution in [2.45, 2.75) is 45.3 Å². The van der Waals surface area contributed by atoms with Crippen molar-refractivity contribution in [1.82, 2.24) is 5.32 Å². The number of para-hydroxylation sites is 2. The fourth-order valence-electron chi connectivity index (χ4n) is 1.77. The molecule has 2 rings (SSSR count). The number of carbonyl (C=O) groups is 2. The number of benzene rings is 1. The van der Waals surface area contributed by atoms with Gasteiger partial charge in [-0.1, -0.05) is 12.1 Å². The lowest BCUT2D eigenvalue weighted by Crippen LogP contribution is -2.29. The zero-order chi connectivity index (χ0) is 14.5. The molecule has 2 amide bonds. The van der Waals surface area contributed by atoms with Gasteiger partial charge in [-0.25, -0.2) is 0 Å². The number of hydrogen-bond acceptors (Lipinski definition) is 3. The molecule has 0 atom stereocenters. The van der Waals surface area contributed by atoms with Crippen LogP contribution in [0.1, 0.15) is 33.1 Å². The Morgan fingerprint density at radius 1 is 1.25 bits per heavy atom. The van der Waals surface area contributed by atoms with E-state index in [0.29, 0.717) is 11.4 Å². The van der Waals surface area contributed by atoms with Crippen molar-refractivity contribution in [3.8, 4) is 5.75 Å². The molecule has 0 radical (unpaired) electrons. The monoisotopic (exact) mass is 276 g/mol. The molecule has 1 aliphatic rings. The Bertz CT molecular complexity index is 496. The molecule has 0 unspecified atom stereocenters. The minimum absolute atomic E-state index is 0.0196. The summed E-state index contributed by atoms with van der Waals surface area (Å²) in [5.74, 6) is 0.0497. The van der Waals surface area contributed by atoms with E-state index in [9.17, 15) is 9.59 Å². The Kier molecular flexibility index (Phi) is 4.61. The fourth-order valence-corrected chi connectivity index (χ4v) is 1.77. The Hall–Kier alpha value is -2.04. The van der Waals surface area contributed by atoms with Crippen LogP contribution in [-0.2, 0) is 9.59 Å². The van der Waals surface area contributed by atoms with Crippen LogP contribution in [0, 0.1) is 0 Å². The van der Waals surface area contributed by atoms with Crippen LogP contribution in [-0.4, -0.2) is 24.0 Å². The summed E-state index contributed by atoms with van der Waals surface area (Å²) in [4.78, 5) is 23.4. The predicted octanol–water partition coefficient (Wildman–Crippen LogP) is 2.08. The van der Waals surface area contributed by atoms with Crippen LogP contribution in [0.5, 0.6) is 5.75 Å². The number of amides is 2. The van der Waals surface area contributed by atoms with Crippen LogP contribution in [0.2, 0.25) is 0 Å². The average molecular weight is 276 g/mol. The van der Waals surface area contributed by atoms with Crippen LogP contribution in [0.4, 0.5) is 5.69 Å². The van der Waals surface area contributed by atoms with Crippen molar-refractivity contribution >= 4 is 17.5 Å². The average Bonchev–Trinajstić information content (AvgIpc) is 3.14. The van der Waals surface area contributed by atoms with Crippen molar-refractivity contribution in [3.05, 3.63) is 24.3 Å². The van der Waals surface area contributed by atoms with E-state index in [1.165, 1.54) is 0 Å². The fraction of sp³-hybridized carbons (Fsp3) is 0.467. The highest BCUT2D eigenvalue weighted by Crippen LogP contribution is 2.25. The van der Waals surface area contributed by atoms with Gasteiger partial charge in [0.1, 0.15) is 12.2 Å². The third kappa shape index (κ3) is 4.57. The summed E-state index contributed by atoms with van der Waals surface area (Å²) in [6.07, 6.45) is 1.88. The summed E-state index contributed by atoms with van der Waals surface area (Å²) in [6.45, 7) is 3.84. The highest BCUT2D eigenvalue weighted by molar-refractivity contribution is 6.04. The molecule has 5 nitrogen and oxygen atoms in total. The smallest absolute Gasteiger partial charge is 0.233 e. The highest BCUT2D eigenvalue weighted by atomic mass is 16.5. The molecule has 0 bridgehead atoms. The highest BCUT2D eigenvalue weighted by Gasteiger charge is 2.24. The van der Waals surface area contributed by atoms with Gasteiger partial charge in [0.05, 0.1) is 11.8 Å². The molecule has 1 aromatic carbocycles. The summed E-state index contributed by atoms with van der Waals surface area (Å²) < 4.78 is 5.61. The normalized spacial score (nSPS) is 13.9. The van der Waals surface area contributed by atoms with E-state index in [2.05, 4.69) is 10.6 Å². The van der Waals surface area contributed by atoms with Gasteiger partial charge in [0.25, 0.3) is 0 Å². The molecule has 1 aromatic rings. The Morgan fingerprint density at radius 2 is 1.95 bits per heavy atom. The third-order valence-electron chi connectivity index (χ3n) is 2.79.